The molecule has 0 spiro atoms. The molecule has 3 aromatic rings. The van der Waals surface area contributed by atoms with Gasteiger partial charge in [-0.25, -0.2) is 9.59 Å². The average molecular weight is 506 g/mol. The van der Waals surface area contributed by atoms with Crippen molar-refractivity contribution in [3.8, 4) is 0 Å². The zero-order valence-corrected chi connectivity index (χ0v) is 20.1. The number of aromatic nitrogens is 1. The zero-order chi connectivity index (χ0) is 25.0. The van der Waals surface area contributed by atoms with E-state index < -0.39 is 29.3 Å². The molecule has 0 aliphatic carbocycles. The third kappa shape index (κ3) is 4.64. The summed E-state index contributed by atoms with van der Waals surface area (Å²) < 4.78 is 15.7. The maximum atomic E-state index is 13.6. The minimum absolute atomic E-state index is 0.137. The molecule has 0 saturated heterocycles. The summed E-state index contributed by atoms with van der Waals surface area (Å²) in [6, 6.07) is 10.7. The Morgan fingerprint density at radius 2 is 1.53 bits per heavy atom. The fourth-order valence-electron chi connectivity index (χ4n) is 3.58. The number of carbonyl (C=O) groups is 4. The highest BCUT2D eigenvalue weighted by Gasteiger charge is 2.58. The van der Waals surface area contributed by atoms with Gasteiger partial charge in [-0.1, -0.05) is 35.3 Å². The SMILES string of the molecule is CCOC(=O)C(OC(C)=O)(C(=O)OCC)c1c(C(=O)c2cccc(Cl)c2)[nH]c2ccc(Cl)cc12. The maximum absolute atomic E-state index is 13.6. The number of hydrogen-bond acceptors (Lipinski definition) is 7. The van der Waals surface area contributed by atoms with Crippen LogP contribution >= 0.6 is 23.2 Å². The standard InChI is InChI=1S/C24H21Cl2NO7/c1-4-32-22(30)24(34-13(3)28,23(31)33-5-2)19-17-12-16(26)9-10-18(17)27-20(19)21(29)14-7-6-8-15(25)11-14/h6-12,27H,4-5H2,1-3H3. The number of fused-ring (bicyclic) bond motifs is 1. The van der Waals surface area contributed by atoms with Gasteiger partial charge in [0.15, 0.2) is 0 Å². The highest BCUT2D eigenvalue weighted by molar-refractivity contribution is 6.32. The molecule has 0 aliphatic heterocycles. The Kier molecular flexibility index (Phi) is 7.64. The van der Waals surface area contributed by atoms with Gasteiger partial charge in [0, 0.05) is 33.4 Å². The number of ketones is 1. The molecular formula is C24H21Cl2NO7. The molecule has 0 unspecified atom stereocenters. The van der Waals surface area contributed by atoms with Crippen molar-refractivity contribution in [3.05, 3.63) is 69.3 Å². The normalized spacial score (nSPS) is 11.2. The van der Waals surface area contributed by atoms with Gasteiger partial charge in [0.2, 0.25) is 5.78 Å². The maximum Gasteiger partial charge on any atom is 0.367 e. The summed E-state index contributed by atoms with van der Waals surface area (Å²) >= 11 is 12.3. The monoisotopic (exact) mass is 505 g/mol. The Bertz CT molecular complexity index is 1260. The van der Waals surface area contributed by atoms with Gasteiger partial charge in [0.1, 0.15) is 0 Å². The van der Waals surface area contributed by atoms with Gasteiger partial charge in [-0.2, -0.15) is 0 Å². The van der Waals surface area contributed by atoms with Crippen LogP contribution in [0.3, 0.4) is 0 Å². The molecule has 0 saturated carbocycles. The molecule has 0 radical (unpaired) electrons. The second-order valence-corrected chi connectivity index (χ2v) is 7.99. The highest BCUT2D eigenvalue weighted by atomic mass is 35.5. The van der Waals surface area contributed by atoms with Crippen LogP contribution in [0.2, 0.25) is 10.0 Å². The zero-order valence-electron chi connectivity index (χ0n) is 18.6. The summed E-state index contributed by atoms with van der Waals surface area (Å²) in [5.74, 6) is -4.03. The van der Waals surface area contributed by atoms with Gasteiger partial charge in [0.25, 0.3) is 0 Å². The van der Waals surface area contributed by atoms with Crippen LogP contribution < -0.4 is 0 Å². The molecule has 34 heavy (non-hydrogen) atoms. The molecule has 0 amide bonds. The van der Waals surface area contributed by atoms with Crippen molar-refractivity contribution < 1.29 is 33.4 Å². The van der Waals surface area contributed by atoms with Gasteiger partial charge in [-0.05, 0) is 44.2 Å². The minimum Gasteiger partial charge on any atom is -0.462 e. The molecule has 0 atom stereocenters. The molecule has 178 valence electrons. The van der Waals surface area contributed by atoms with Crippen LogP contribution in [0.15, 0.2) is 42.5 Å². The first-order valence-corrected chi connectivity index (χ1v) is 11.1. The van der Waals surface area contributed by atoms with Gasteiger partial charge < -0.3 is 19.2 Å². The number of carbonyl (C=O) groups excluding carboxylic acids is 4. The van der Waals surface area contributed by atoms with Crippen LogP contribution in [0.5, 0.6) is 0 Å². The van der Waals surface area contributed by atoms with Crippen LogP contribution in [0.4, 0.5) is 0 Å². The van der Waals surface area contributed by atoms with Crippen molar-refractivity contribution in [2.45, 2.75) is 26.4 Å². The third-order valence-electron chi connectivity index (χ3n) is 4.85. The lowest BCUT2D eigenvalue weighted by atomic mass is 9.88. The first-order valence-electron chi connectivity index (χ1n) is 10.3. The lowest BCUT2D eigenvalue weighted by molar-refractivity contribution is -0.197. The second kappa shape index (κ2) is 10.3. The quantitative estimate of drug-likeness (QED) is 0.206. The van der Waals surface area contributed by atoms with Crippen molar-refractivity contribution in [1.82, 2.24) is 4.98 Å². The van der Waals surface area contributed by atoms with Gasteiger partial charge in [0.05, 0.1) is 24.5 Å². The van der Waals surface area contributed by atoms with Crippen LogP contribution in [0.25, 0.3) is 10.9 Å². The fraction of sp³-hybridized carbons (Fsp3) is 0.250. The molecule has 0 aliphatic rings. The lowest BCUT2D eigenvalue weighted by Gasteiger charge is -2.29. The Morgan fingerprint density at radius 1 is 0.912 bits per heavy atom. The number of H-pyrrole nitrogens is 1. The lowest BCUT2D eigenvalue weighted by Crippen LogP contribution is -2.50. The average Bonchev–Trinajstić information content (AvgIpc) is 3.15. The molecule has 3 rings (SSSR count). The van der Waals surface area contributed by atoms with Crippen LogP contribution in [0.1, 0.15) is 42.4 Å². The fourth-order valence-corrected chi connectivity index (χ4v) is 3.94. The number of rotatable bonds is 8. The van der Waals surface area contributed by atoms with Crippen LogP contribution in [-0.4, -0.2) is 41.9 Å². The molecule has 0 fully saturated rings. The van der Waals surface area contributed by atoms with Gasteiger partial charge in [-0.15, -0.1) is 0 Å². The number of esters is 3. The van der Waals surface area contributed by atoms with E-state index in [2.05, 4.69) is 4.98 Å². The molecule has 8 nitrogen and oxygen atoms in total. The van der Waals surface area contributed by atoms with Gasteiger partial charge >= 0.3 is 23.5 Å². The van der Waals surface area contributed by atoms with E-state index in [4.69, 9.17) is 37.4 Å². The summed E-state index contributed by atoms with van der Waals surface area (Å²) in [4.78, 5) is 55.4. The number of ether oxygens (including phenoxy) is 3. The van der Waals surface area contributed by atoms with Crippen molar-refractivity contribution in [1.29, 1.82) is 0 Å². The first kappa shape index (κ1) is 25.3. The molecule has 0 bridgehead atoms. The number of aromatic amines is 1. The number of hydrogen-bond donors (Lipinski definition) is 1. The minimum atomic E-state index is -2.73. The van der Waals surface area contributed by atoms with E-state index in [1.54, 1.807) is 24.3 Å². The summed E-state index contributed by atoms with van der Waals surface area (Å²) in [6.07, 6.45) is 0. The number of halogens is 2. The van der Waals surface area contributed by atoms with Crippen LogP contribution in [0, 0.1) is 0 Å². The number of nitrogens with one attached hydrogen (secondary N) is 1. The van der Waals surface area contributed by atoms with E-state index in [1.165, 1.54) is 32.0 Å². The summed E-state index contributed by atoms with van der Waals surface area (Å²) in [5.41, 5.74) is -2.65. The van der Waals surface area contributed by atoms with Gasteiger partial charge in [-0.3, -0.25) is 9.59 Å². The Labute approximate surface area is 205 Å². The van der Waals surface area contributed by atoms with Crippen molar-refractivity contribution >= 4 is 57.8 Å². The van der Waals surface area contributed by atoms with E-state index in [9.17, 15) is 19.2 Å². The molecule has 1 heterocycles. The van der Waals surface area contributed by atoms with E-state index in [1.807, 2.05) is 0 Å². The van der Waals surface area contributed by atoms with E-state index >= 15 is 0 Å². The predicted octanol–water partition coefficient (Wildman–Crippen LogP) is 4.59. The highest BCUT2D eigenvalue weighted by Crippen LogP contribution is 2.40. The van der Waals surface area contributed by atoms with Crippen molar-refractivity contribution in [2.24, 2.45) is 0 Å². The molecule has 1 aromatic heterocycles. The Balaban J connectivity index is 2.46. The number of benzene rings is 2. The smallest absolute Gasteiger partial charge is 0.367 e. The predicted molar refractivity (Wildman–Crippen MR) is 125 cm³/mol. The largest absolute Gasteiger partial charge is 0.462 e. The molecular weight excluding hydrogens is 485 g/mol. The van der Waals surface area contributed by atoms with E-state index in [0.29, 0.717) is 10.5 Å². The Morgan fingerprint density at radius 3 is 2.09 bits per heavy atom. The third-order valence-corrected chi connectivity index (χ3v) is 5.32. The van der Waals surface area contributed by atoms with Crippen LogP contribution in [-0.2, 0) is 34.2 Å². The Hall–Kier alpha value is -3.36. The van der Waals surface area contributed by atoms with E-state index in [-0.39, 0.29) is 40.4 Å². The second-order valence-electron chi connectivity index (χ2n) is 7.12. The van der Waals surface area contributed by atoms with Crippen molar-refractivity contribution in [2.75, 3.05) is 13.2 Å². The summed E-state index contributed by atoms with van der Waals surface area (Å²) in [7, 11) is 0. The molecule has 1 N–H and O–H groups in total. The summed E-state index contributed by atoms with van der Waals surface area (Å²) in [6.45, 7) is 3.79. The molecule has 10 heteroatoms. The van der Waals surface area contributed by atoms with E-state index in [0.717, 1.165) is 6.92 Å². The summed E-state index contributed by atoms with van der Waals surface area (Å²) in [5, 5.41) is 0.743. The van der Waals surface area contributed by atoms with Crippen molar-refractivity contribution in [3.63, 3.8) is 0 Å². The first-order chi connectivity index (χ1) is 16.1. The topological polar surface area (TPSA) is 112 Å². The molecule has 2 aromatic carbocycles.